The second-order valence-electron chi connectivity index (χ2n) is 4.30. The van der Waals surface area contributed by atoms with Crippen LogP contribution in [0, 0.1) is 0 Å². The summed E-state index contributed by atoms with van der Waals surface area (Å²) in [5.41, 5.74) is 3.42. The van der Waals surface area contributed by atoms with E-state index in [-0.39, 0.29) is 5.92 Å². The highest BCUT2D eigenvalue weighted by atomic mass is 16.1. The lowest BCUT2D eigenvalue weighted by Crippen LogP contribution is -1.97. The van der Waals surface area contributed by atoms with Gasteiger partial charge in [-0.2, -0.15) is 0 Å². The van der Waals surface area contributed by atoms with Crippen LogP contribution in [-0.2, 0) is 11.3 Å². The first-order valence-electron chi connectivity index (χ1n) is 5.74. The van der Waals surface area contributed by atoms with Crippen LogP contribution in [0.25, 0.3) is 6.08 Å². The molecule has 2 heterocycles. The van der Waals surface area contributed by atoms with Gasteiger partial charge in [-0.3, -0.25) is 0 Å². The zero-order valence-electron chi connectivity index (χ0n) is 9.41. The lowest BCUT2D eigenvalue weighted by atomic mass is 9.98. The van der Waals surface area contributed by atoms with Gasteiger partial charge in [0, 0.05) is 18.4 Å². The largest absolute Gasteiger partial charge is 0.346 e. The molecule has 1 unspecified atom stereocenters. The van der Waals surface area contributed by atoms with E-state index in [1.807, 2.05) is 36.5 Å². The van der Waals surface area contributed by atoms with Crippen molar-refractivity contribution in [3.8, 4) is 0 Å². The van der Waals surface area contributed by atoms with E-state index in [2.05, 4.69) is 22.8 Å². The molecule has 1 aliphatic heterocycles. The second kappa shape index (κ2) is 4.06. The van der Waals surface area contributed by atoms with Crippen molar-refractivity contribution in [2.75, 3.05) is 0 Å². The molecule has 0 amide bonds. The van der Waals surface area contributed by atoms with E-state index in [1.54, 1.807) is 0 Å². The third kappa shape index (κ3) is 1.72. The molecule has 0 saturated carbocycles. The van der Waals surface area contributed by atoms with E-state index < -0.39 is 0 Å². The SMILES string of the molecule is O=CC1/C(=C\c2ccccc2)Cn2cccc21. The van der Waals surface area contributed by atoms with Crippen molar-refractivity contribution in [2.24, 2.45) is 0 Å². The van der Waals surface area contributed by atoms with Gasteiger partial charge in [0.1, 0.15) is 6.29 Å². The fourth-order valence-electron chi connectivity index (χ4n) is 2.39. The van der Waals surface area contributed by atoms with Gasteiger partial charge in [-0.15, -0.1) is 0 Å². The Kier molecular flexibility index (Phi) is 2.41. The smallest absolute Gasteiger partial charge is 0.133 e. The van der Waals surface area contributed by atoms with Crippen LogP contribution in [0.5, 0.6) is 0 Å². The Morgan fingerprint density at radius 1 is 1.12 bits per heavy atom. The molecule has 2 heteroatoms. The maximum absolute atomic E-state index is 11.2. The number of rotatable bonds is 2. The standard InChI is InChI=1S/C15H13NO/c17-11-14-13(9-12-5-2-1-3-6-12)10-16-8-4-7-15(14)16/h1-9,11,14H,10H2/b13-9-. The Balaban J connectivity index is 1.99. The van der Waals surface area contributed by atoms with Crippen molar-refractivity contribution in [3.05, 3.63) is 65.5 Å². The topological polar surface area (TPSA) is 22.0 Å². The van der Waals surface area contributed by atoms with Crippen molar-refractivity contribution in [3.63, 3.8) is 0 Å². The van der Waals surface area contributed by atoms with E-state index >= 15 is 0 Å². The third-order valence-electron chi connectivity index (χ3n) is 3.22. The lowest BCUT2D eigenvalue weighted by Gasteiger charge is -2.03. The molecule has 1 aromatic carbocycles. The van der Waals surface area contributed by atoms with Crippen LogP contribution in [-0.4, -0.2) is 10.9 Å². The number of hydrogen-bond acceptors (Lipinski definition) is 1. The van der Waals surface area contributed by atoms with Crippen LogP contribution in [0.4, 0.5) is 0 Å². The molecule has 17 heavy (non-hydrogen) atoms. The Morgan fingerprint density at radius 3 is 2.71 bits per heavy atom. The van der Waals surface area contributed by atoms with E-state index in [9.17, 15) is 4.79 Å². The van der Waals surface area contributed by atoms with Gasteiger partial charge in [0.25, 0.3) is 0 Å². The number of aromatic nitrogens is 1. The van der Waals surface area contributed by atoms with Crippen LogP contribution in [0.3, 0.4) is 0 Å². The maximum atomic E-state index is 11.2. The highest BCUT2D eigenvalue weighted by Crippen LogP contribution is 2.32. The van der Waals surface area contributed by atoms with Crippen molar-refractivity contribution in [1.82, 2.24) is 4.57 Å². The number of carbonyl (C=O) groups is 1. The summed E-state index contributed by atoms with van der Waals surface area (Å²) in [6, 6.07) is 14.1. The van der Waals surface area contributed by atoms with Crippen LogP contribution in [0.15, 0.2) is 54.2 Å². The summed E-state index contributed by atoms with van der Waals surface area (Å²) in [5, 5.41) is 0. The molecule has 0 N–H and O–H groups in total. The highest BCUT2D eigenvalue weighted by molar-refractivity contribution is 5.73. The Labute approximate surface area is 100 Å². The monoisotopic (exact) mass is 223 g/mol. The lowest BCUT2D eigenvalue weighted by molar-refractivity contribution is -0.108. The number of carbonyl (C=O) groups excluding carboxylic acids is 1. The van der Waals surface area contributed by atoms with Gasteiger partial charge in [0.05, 0.1) is 5.92 Å². The number of fused-ring (bicyclic) bond motifs is 1. The molecule has 2 aromatic rings. The zero-order chi connectivity index (χ0) is 11.7. The fraction of sp³-hybridized carbons (Fsp3) is 0.133. The van der Waals surface area contributed by atoms with Crippen molar-refractivity contribution >= 4 is 12.4 Å². The average Bonchev–Trinajstić information content (AvgIpc) is 2.90. The van der Waals surface area contributed by atoms with Gasteiger partial charge >= 0.3 is 0 Å². The van der Waals surface area contributed by atoms with Crippen molar-refractivity contribution in [1.29, 1.82) is 0 Å². The first-order chi connectivity index (χ1) is 8.38. The molecule has 0 radical (unpaired) electrons. The summed E-state index contributed by atoms with van der Waals surface area (Å²) in [7, 11) is 0. The van der Waals surface area contributed by atoms with E-state index in [4.69, 9.17) is 0 Å². The first kappa shape index (κ1) is 10.1. The van der Waals surface area contributed by atoms with Crippen LogP contribution < -0.4 is 0 Å². The summed E-state index contributed by atoms with van der Waals surface area (Å²) in [6.45, 7) is 0.820. The summed E-state index contributed by atoms with van der Waals surface area (Å²) in [4.78, 5) is 11.2. The molecule has 84 valence electrons. The summed E-state index contributed by atoms with van der Waals surface area (Å²) in [5.74, 6) is -0.0785. The minimum Gasteiger partial charge on any atom is -0.346 e. The van der Waals surface area contributed by atoms with Gasteiger partial charge in [0.2, 0.25) is 0 Å². The van der Waals surface area contributed by atoms with Gasteiger partial charge in [-0.05, 0) is 23.3 Å². The molecule has 0 aliphatic carbocycles. The zero-order valence-corrected chi connectivity index (χ0v) is 9.41. The molecular weight excluding hydrogens is 210 g/mol. The molecule has 0 saturated heterocycles. The van der Waals surface area contributed by atoms with Crippen LogP contribution in [0.2, 0.25) is 0 Å². The normalized spacial score (nSPS) is 20.5. The summed E-state index contributed by atoms with van der Waals surface area (Å²) < 4.78 is 2.13. The minimum atomic E-state index is -0.0785. The molecule has 1 aliphatic rings. The average molecular weight is 223 g/mol. The molecule has 0 bridgehead atoms. The number of nitrogens with zero attached hydrogens (tertiary/aromatic N) is 1. The molecule has 0 fully saturated rings. The molecule has 3 rings (SSSR count). The third-order valence-corrected chi connectivity index (χ3v) is 3.22. The fourth-order valence-corrected chi connectivity index (χ4v) is 2.39. The number of benzene rings is 1. The Bertz CT molecular complexity index is 566. The second-order valence-corrected chi connectivity index (χ2v) is 4.30. The molecule has 1 atom stereocenters. The van der Waals surface area contributed by atoms with E-state index in [1.165, 1.54) is 5.57 Å². The number of aldehydes is 1. The van der Waals surface area contributed by atoms with Gasteiger partial charge < -0.3 is 9.36 Å². The van der Waals surface area contributed by atoms with Crippen molar-refractivity contribution < 1.29 is 4.79 Å². The van der Waals surface area contributed by atoms with Crippen LogP contribution in [0.1, 0.15) is 17.2 Å². The molecular formula is C15H13NO. The first-order valence-corrected chi connectivity index (χ1v) is 5.74. The maximum Gasteiger partial charge on any atom is 0.133 e. The van der Waals surface area contributed by atoms with Crippen LogP contribution >= 0.6 is 0 Å². The van der Waals surface area contributed by atoms with E-state index in [0.29, 0.717) is 0 Å². The predicted molar refractivity (Wildman–Crippen MR) is 67.7 cm³/mol. The summed E-state index contributed by atoms with van der Waals surface area (Å²) in [6.07, 6.45) is 5.18. The van der Waals surface area contributed by atoms with Gasteiger partial charge in [0.15, 0.2) is 0 Å². The number of hydrogen-bond donors (Lipinski definition) is 0. The van der Waals surface area contributed by atoms with Gasteiger partial charge in [-0.25, -0.2) is 0 Å². The minimum absolute atomic E-state index is 0.0785. The molecule has 0 spiro atoms. The number of allylic oxidation sites excluding steroid dienone is 1. The van der Waals surface area contributed by atoms with E-state index in [0.717, 1.165) is 24.1 Å². The Hall–Kier alpha value is -2.09. The Morgan fingerprint density at radius 2 is 1.94 bits per heavy atom. The highest BCUT2D eigenvalue weighted by Gasteiger charge is 2.25. The quantitative estimate of drug-likeness (QED) is 0.717. The summed E-state index contributed by atoms with van der Waals surface area (Å²) >= 11 is 0. The van der Waals surface area contributed by atoms with Crippen molar-refractivity contribution in [2.45, 2.75) is 12.5 Å². The van der Waals surface area contributed by atoms with Gasteiger partial charge in [-0.1, -0.05) is 36.4 Å². The predicted octanol–water partition coefficient (Wildman–Crippen LogP) is 2.87. The molecule has 2 nitrogen and oxygen atoms in total. The molecule has 1 aromatic heterocycles.